The summed E-state index contributed by atoms with van der Waals surface area (Å²) in [5, 5.41) is 0. The van der Waals surface area contributed by atoms with Gasteiger partial charge in [-0.3, -0.25) is 4.90 Å². The van der Waals surface area contributed by atoms with Gasteiger partial charge in [0.15, 0.2) is 0 Å². The predicted octanol–water partition coefficient (Wildman–Crippen LogP) is 1.08. The van der Waals surface area contributed by atoms with Gasteiger partial charge in [-0.15, -0.1) is 0 Å². The molecule has 0 saturated heterocycles. The smallest absolute Gasteiger partial charge is 0.0736 e. The SMILES string of the molecule is CCCN(C)C(C)(CN)C(C)OC. The Bertz CT molecular complexity index is 141. The first kappa shape index (κ1) is 12.9. The highest BCUT2D eigenvalue weighted by molar-refractivity contribution is 4.91. The summed E-state index contributed by atoms with van der Waals surface area (Å²) in [5.41, 5.74) is 5.74. The monoisotopic (exact) mass is 188 g/mol. The quantitative estimate of drug-likeness (QED) is 0.678. The minimum absolute atomic E-state index is 0.0508. The molecule has 2 atom stereocenters. The molecule has 3 nitrogen and oxygen atoms in total. The second kappa shape index (κ2) is 5.58. The Kier molecular flexibility index (Phi) is 5.53. The predicted molar refractivity (Wildman–Crippen MR) is 56.9 cm³/mol. The third-order valence-electron chi connectivity index (χ3n) is 3.07. The molecule has 0 aliphatic heterocycles. The number of nitrogens with two attached hydrogens (primary N) is 1. The van der Waals surface area contributed by atoms with E-state index in [-0.39, 0.29) is 11.6 Å². The first-order valence-corrected chi connectivity index (χ1v) is 4.97. The first-order valence-electron chi connectivity index (χ1n) is 4.97. The molecule has 0 aliphatic rings. The Labute approximate surface area is 82.2 Å². The van der Waals surface area contributed by atoms with E-state index in [0.717, 1.165) is 13.0 Å². The van der Waals surface area contributed by atoms with Gasteiger partial charge in [0.1, 0.15) is 0 Å². The molecule has 0 radical (unpaired) electrons. The number of ether oxygens (including phenoxy) is 1. The van der Waals surface area contributed by atoms with Crippen LogP contribution in [-0.2, 0) is 4.74 Å². The molecule has 0 saturated carbocycles. The van der Waals surface area contributed by atoms with Crippen LogP contribution in [0.25, 0.3) is 0 Å². The zero-order valence-electron chi connectivity index (χ0n) is 9.63. The van der Waals surface area contributed by atoms with Gasteiger partial charge in [0.2, 0.25) is 0 Å². The highest BCUT2D eigenvalue weighted by Crippen LogP contribution is 2.19. The lowest BCUT2D eigenvalue weighted by atomic mass is 9.93. The molecule has 2 N–H and O–H groups in total. The van der Waals surface area contributed by atoms with Gasteiger partial charge in [0.25, 0.3) is 0 Å². The van der Waals surface area contributed by atoms with E-state index in [9.17, 15) is 0 Å². The molecule has 0 bridgehead atoms. The van der Waals surface area contributed by atoms with E-state index in [1.54, 1.807) is 7.11 Å². The fraction of sp³-hybridized carbons (Fsp3) is 1.00. The van der Waals surface area contributed by atoms with Gasteiger partial charge < -0.3 is 10.5 Å². The summed E-state index contributed by atoms with van der Waals surface area (Å²) in [6.07, 6.45) is 1.30. The van der Waals surface area contributed by atoms with Crippen LogP contribution in [0.5, 0.6) is 0 Å². The van der Waals surface area contributed by atoms with Crippen LogP contribution in [0.3, 0.4) is 0 Å². The molecule has 0 aliphatic carbocycles. The summed E-state index contributed by atoms with van der Waals surface area (Å²) in [6, 6.07) is 0. The highest BCUT2D eigenvalue weighted by Gasteiger charge is 2.33. The standard InChI is InChI=1S/C10H24N2O/c1-6-7-12(4)10(3,8-11)9(2)13-5/h9H,6-8,11H2,1-5H3. The fourth-order valence-electron chi connectivity index (χ4n) is 1.48. The topological polar surface area (TPSA) is 38.5 Å². The van der Waals surface area contributed by atoms with Gasteiger partial charge in [-0.2, -0.15) is 0 Å². The van der Waals surface area contributed by atoms with Crippen molar-refractivity contribution in [1.29, 1.82) is 0 Å². The lowest BCUT2D eigenvalue weighted by molar-refractivity contribution is -0.0193. The van der Waals surface area contributed by atoms with Gasteiger partial charge in [0.05, 0.1) is 11.6 Å². The summed E-state index contributed by atoms with van der Waals surface area (Å²) in [5.74, 6) is 0. The Hall–Kier alpha value is -0.120. The van der Waals surface area contributed by atoms with Crippen LogP contribution in [-0.4, -0.2) is 43.8 Å². The Morgan fingerprint density at radius 2 is 2.08 bits per heavy atom. The molecule has 3 heteroatoms. The minimum Gasteiger partial charge on any atom is -0.380 e. The third-order valence-corrected chi connectivity index (χ3v) is 3.07. The molecule has 0 amide bonds. The van der Waals surface area contributed by atoms with Crippen molar-refractivity contribution in [1.82, 2.24) is 4.90 Å². The molecule has 0 rings (SSSR count). The van der Waals surface area contributed by atoms with Crippen molar-refractivity contribution in [2.75, 3.05) is 27.2 Å². The van der Waals surface area contributed by atoms with Crippen molar-refractivity contribution in [3.8, 4) is 0 Å². The average molecular weight is 188 g/mol. The Morgan fingerprint density at radius 1 is 1.54 bits per heavy atom. The van der Waals surface area contributed by atoms with Crippen molar-refractivity contribution in [2.24, 2.45) is 5.73 Å². The number of rotatable bonds is 6. The van der Waals surface area contributed by atoms with Crippen LogP contribution in [0.4, 0.5) is 0 Å². The zero-order valence-corrected chi connectivity index (χ0v) is 9.63. The van der Waals surface area contributed by atoms with Gasteiger partial charge in [0, 0.05) is 13.7 Å². The second-order valence-electron chi connectivity index (χ2n) is 3.86. The van der Waals surface area contributed by atoms with E-state index >= 15 is 0 Å². The maximum atomic E-state index is 5.79. The van der Waals surface area contributed by atoms with Crippen LogP contribution in [0.2, 0.25) is 0 Å². The fourth-order valence-corrected chi connectivity index (χ4v) is 1.48. The molecular weight excluding hydrogens is 164 g/mol. The molecule has 13 heavy (non-hydrogen) atoms. The average Bonchev–Trinajstić information content (AvgIpc) is 2.15. The van der Waals surface area contributed by atoms with Gasteiger partial charge in [-0.1, -0.05) is 6.92 Å². The van der Waals surface area contributed by atoms with Crippen molar-refractivity contribution >= 4 is 0 Å². The van der Waals surface area contributed by atoms with Crippen molar-refractivity contribution in [3.63, 3.8) is 0 Å². The van der Waals surface area contributed by atoms with Gasteiger partial charge in [-0.25, -0.2) is 0 Å². The van der Waals surface area contributed by atoms with Crippen LogP contribution in [0.1, 0.15) is 27.2 Å². The highest BCUT2D eigenvalue weighted by atomic mass is 16.5. The maximum absolute atomic E-state index is 5.79. The lowest BCUT2D eigenvalue weighted by Gasteiger charge is -2.41. The minimum atomic E-state index is -0.0508. The molecule has 0 heterocycles. The lowest BCUT2D eigenvalue weighted by Crippen LogP contribution is -2.57. The number of methoxy groups -OCH3 is 1. The third kappa shape index (κ3) is 2.93. The molecule has 0 aromatic carbocycles. The van der Waals surface area contributed by atoms with E-state index in [4.69, 9.17) is 10.5 Å². The van der Waals surface area contributed by atoms with Crippen LogP contribution >= 0.6 is 0 Å². The molecule has 80 valence electrons. The molecule has 2 unspecified atom stereocenters. The normalized spacial score (nSPS) is 18.7. The molecule has 0 spiro atoms. The maximum Gasteiger partial charge on any atom is 0.0736 e. The van der Waals surface area contributed by atoms with Crippen LogP contribution in [0.15, 0.2) is 0 Å². The first-order chi connectivity index (χ1) is 6.02. The van der Waals surface area contributed by atoms with E-state index in [1.165, 1.54) is 0 Å². The van der Waals surface area contributed by atoms with Crippen LogP contribution in [0, 0.1) is 0 Å². The Balaban J connectivity index is 4.41. The Morgan fingerprint density at radius 3 is 2.38 bits per heavy atom. The number of hydrogen-bond donors (Lipinski definition) is 1. The van der Waals surface area contributed by atoms with E-state index < -0.39 is 0 Å². The summed E-state index contributed by atoms with van der Waals surface area (Å²) < 4.78 is 5.35. The molecule has 0 aromatic rings. The summed E-state index contributed by atoms with van der Waals surface area (Å²) >= 11 is 0. The number of hydrogen-bond acceptors (Lipinski definition) is 3. The number of nitrogens with zero attached hydrogens (tertiary/aromatic N) is 1. The zero-order chi connectivity index (χ0) is 10.5. The summed E-state index contributed by atoms with van der Waals surface area (Å²) in [7, 11) is 3.84. The number of likely N-dealkylation sites (N-methyl/N-ethyl adjacent to an activating group) is 1. The largest absolute Gasteiger partial charge is 0.380 e. The molecule has 0 aromatic heterocycles. The van der Waals surface area contributed by atoms with Gasteiger partial charge in [-0.05, 0) is 33.9 Å². The molecule has 0 fully saturated rings. The molecular formula is C10H24N2O. The van der Waals surface area contributed by atoms with Crippen molar-refractivity contribution in [3.05, 3.63) is 0 Å². The second-order valence-corrected chi connectivity index (χ2v) is 3.86. The summed E-state index contributed by atoms with van der Waals surface area (Å²) in [4.78, 5) is 2.28. The van der Waals surface area contributed by atoms with Crippen molar-refractivity contribution < 1.29 is 4.74 Å². The van der Waals surface area contributed by atoms with Crippen LogP contribution < -0.4 is 5.73 Å². The van der Waals surface area contributed by atoms with E-state index in [1.807, 2.05) is 0 Å². The van der Waals surface area contributed by atoms with E-state index in [0.29, 0.717) is 6.54 Å². The van der Waals surface area contributed by atoms with Crippen molar-refractivity contribution in [2.45, 2.75) is 38.8 Å². The summed E-state index contributed by atoms with van der Waals surface area (Å²) in [6.45, 7) is 8.07. The van der Waals surface area contributed by atoms with Gasteiger partial charge >= 0.3 is 0 Å². The van der Waals surface area contributed by atoms with E-state index in [2.05, 4.69) is 32.7 Å².